The molecular formula is C18H16O5. The zero-order valence-corrected chi connectivity index (χ0v) is 12.8. The number of benzene rings is 2. The summed E-state index contributed by atoms with van der Waals surface area (Å²) in [6, 6.07) is 11.9. The Bertz CT molecular complexity index is 748. The first-order valence-corrected chi connectivity index (χ1v) is 6.88. The summed E-state index contributed by atoms with van der Waals surface area (Å²) in [7, 11) is 1.41. The van der Waals surface area contributed by atoms with Gasteiger partial charge in [-0.3, -0.25) is 9.59 Å². The first kappa shape index (κ1) is 16.3. The van der Waals surface area contributed by atoms with Crippen LogP contribution >= 0.6 is 0 Å². The number of carbonyl (C=O) groups is 2. The van der Waals surface area contributed by atoms with Crippen LogP contribution in [0.25, 0.3) is 6.08 Å². The molecule has 5 nitrogen and oxygen atoms in total. The van der Waals surface area contributed by atoms with Gasteiger partial charge in [0.1, 0.15) is 22.8 Å². The molecular weight excluding hydrogens is 296 g/mol. The van der Waals surface area contributed by atoms with Crippen molar-refractivity contribution in [3.05, 3.63) is 59.7 Å². The van der Waals surface area contributed by atoms with E-state index in [1.54, 1.807) is 6.08 Å². The van der Waals surface area contributed by atoms with Crippen LogP contribution in [0.15, 0.2) is 48.5 Å². The molecule has 0 amide bonds. The topological polar surface area (TPSA) is 72.8 Å². The van der Waals surface area contributed by atoms with Crippen molar-refractivity contribution in [2.45, 2.75) is 6.92 Å². The molecule has 0 aliphatic heterocycles. The minimum atomic E-state index is -0.598. The normalized spacial score (nSPS) is 10.5. The number of hydrogen-bond acceptors (Lipinski definition) is 5. The van der Waals surface area contributed by atoms with E-state index in [-0.39, 0.29) is 22.8 Å². The zero-order chi connectivity index (χ0) is 16.8. The number of hydrogen-bond donors (Lipinski definition) is 1. The number of methoxy groups -OCH3 is 1. The van der Waals surface area contributed by atoms with Crippen molar-refractivity contribution in [1.29, 1.82) is 0 Å². The van der Waals surface area contributed by atoms with Gasteiger partial charge in [0.2, 0.25) is 0 Å². The number of rotatable bonds is 5. The Morgan fingerprint density at radius 3 is 2.43 bits per heavy atom. The molecule has 0 saturated carbocycles. The highest BCUT2D eigenvalue weighted by atomic mass is 16.5. The summed E-state index contributed by atoms with van der Waals surface area (Å²) < 4.78 is 10.0. The van der Waals surface area contributed by atoms with Gasteiger partial charge < -0.3 is 14.6 Å². The van der Waals surface area contributed by atoms with Crippen LogP contribution in [0.2, 0.25) is 0 Å². The first-order chi connectivity index (χ1) is 11.0. The van der Waals surface area contributed by atoms with Crippen LogP contribution in [0.4, 0.5) is 0 Å². The largest absolute Gasteiger partial charge is 0.507 e. The van der Waals surface area contributed by atoms with Gasteiger partial charge in [0.25, 0.3) is 0 Å². The number of aromatic hydroxyl groups is 1. The van der Waals surface area contributed by atoms with Crippen LogP contribution in [0, 0.1) is 0 Å². The monoisotopic (exact) mass is 312 g/mol. The van der Waals surface area contributed by atoms with Gasteiger partial charge in [-0.25, -0.2) is 0 Å². The first-order valence-electron chi connectivity index (χ1n) is 6.88. The molecule has 5 heteroatoms. The molecule has 0 aliphatic carbocycles. The molecule has 2 aromatic rings. The van der Waals surface area contributed by atoms with Crippen LogP contribution in [0.3, 0.4) is 0 Å². The number of carbonyl (C=O) groups excluding carboxylic acids is 2. The number of allylic oxidation sites excluding steroid dienone is 1. The van der Waals surface area contributed by atoms with E-state index < -0.39 is 11.8 Å². The predicted molar refractivity (Wildman–Crippen MR) is 85.8 cm³/mol. The molecule has 118 valence electrons. The summed E-state index contributed by atoms with van der Waals surface area (Å²) in [5.41, 5.74) is 0.746. The maximum absolute atomic E-state index is 12.4. The van der Waals surface area contributed by atoms with Crippen molar-refractivity contribution in [3.63, 3.8) is 0 Å². The predicted octanol–water partition coefficient (Wildman–Crippen LogP) is 3.22. The number of ketones is 1. The summed E-state index contributed by atoms with van der Waals surface area (Å²) in [6.45, 7) is 1.21. The van der Waals surface area contributed by atoms with Crippen LogP contribution in [-0.4, -0.2) is 24.0 Å². The summed E-state index contributed by atoms with van der Waals surface area (Å²) in [5.74, 6) is -1.16. The summed E-state index contributed by atoms with van der Waals surface area (Å²) >= 11 is 0. The van der Waals surface area contributed by atoms with Crippen molar-refractivity contribution >= 4 is 17.8 Å². The third-order valence-corrected chi connectivity index (χ3v) is 3.02. The fourth-order valence-corrected chi connectivity index (χ4v) is 2.00. The van der Waals surface area contributed by atoms with Gasteiger partial charge in [-0.05, 0) is 11.6 Å². The average Bonchev–Trinajstić information content (AvgIpc) is 2.52. The molecule has 2 rings (SSSR count). The lowest BCUT2D eigenvalue weighted by molar-refractivity contribution is -0.131. The third kappa shape index (κ3) is 4.20. The number of phenols is 1. The summed E-state index contributed by atoms with van der Waals surface area (Å²) in [6.07, 6.45) is 2.92. The SMILES string of the molecule is COc1cc(O)c(C(=O)/C=C/c2ccccc2)c(OC(C)=O)c1. The van der Waals surface area contributed by atoms with Crippen LogP contribution in [-0.2, 0) is 4.79 Å². The second-order valence-electron chi connectivity index (χ2n) is 4.72. The Morgan fingerprint density at radius 1 is 1.13 bits per heavy atom. The van der Waals surface area contributed by atoms with Crippen LogP contribution in [0.5, 0.6) is 17.2 Å². The Balaban J connectivity index is 2.38. The van der Waals surface area contributed by atoms with E-state index in [1.807, 2.05) is 30.3 Å². The van der Waals surface area contributed by atoms with Crippen molar-refractivity contribution in [1.82, 2.24) is 0 Å². The second-order valence-corrected chi connectivity index (χ2v) is 4.72. The van der Waals surface area contributed by atoms with E-state index in [1.165, 1.54) is 32.2 Å². The number of phenolic OH excluding ortho intramolecular Hbond substituents is 1. The number of ether oxygens (including phenoxy) is 2. The highest BCUT2D eigenvalue weighted by Gasteiger charge is 2.19. The third-order valence-electron chi connectivity index (χ3n) is 3.02. The van der Waals surface area contributed by atoms with Gasteiger partial charge in [0.05, 0.1) is 7.11 Å². The second kappa shape index (κ2) is 7.26. The van der Waals surface area contributed by atoms with Gasteiger partial charge in [-0.1, -0.05) is 36.4 Å². The van der Waals surface area contributed by atoms with Gasteiger partial charge >= 0.3 is 5.97 Å². The lowest BCUT2D eigenvalue weighted by atomic mass is 10.1. The van der Waals surface area contributed by atoms with Gasteiger partial charge in [-0.2, -0.15) is 0 Å². The Hall–Kier alpha value is -3.08. The fraction of sp³-hybridized carbons (Fsp3) is 0.111. The molecule has 0 radical (unpaired) electrons. The van der Waals surface area contributed by atoms with E-state index in [9.17, 15) is 14.7 Å². The highest BCUT2D eigenvalue weighted by molar-refractivity contribution is 6.11. The molecule has 2 aromatic carbocycles. The van der Waals surface area contributed by atoms with Gasteiger partial charge in [0.15, 0.2) is 5.78 Å². The Labute approximate surface area is 133 Å². The van der Waals surface area contributed by atoms with Crippen molar-refractivity contribution in [3.8, 4) is 17.2 Å². The Morgan fingerprint density at radius 2 is 1.83 bits per heavy atom. The van der Waals surface area contributed by atoms with Crippen LogP contribution < -0.4 is 9.47 Å². The molecule has 0 saturated heterocycles. The molecule has 0 unspecified atom stereocenters. The standard InChI is InChI=1S/C18H16O5/c1-12(19)23-17-11-14(22-2)10-16(21)18(17)15(20)9-8-13-6-4-3-5-7-13/h3-11,21H,1-2H3/b9-8+. The number of esters is 1. The van der Waals surface area contributed by atoms with E-state index in [2.05, 4.69) is 0 Å². The zero-order valence-electron chi connectivity index (χ0n) is 12.8. The minimum Gasteiger partial charge on any atom is -0.507 e. The summed E-state index contributed by atoms with van der Waals surface area (Å²) in [5, 5.41) is 10.1. The maximum atomic E-state index is 12.4. The Kier molecular flexibility index (Phi) is 5.15. The van der Waals surface area contributed by atoms with Crippen molar-refractivity contribution < 1.29 is 24.2 Å². The molecule has 0 bridgehead atoms. The lowest BCUT2D eigenvalue weighted by Crippen LogP contribution is -2.07. The molecule has 0 spiro atoms. The van der Waals surface area contributed by atoms with E-state index in [0.717, 1.165) is 5.56 Å². The molecule has 0 aromatic heterocycles. The average molecular weight is 312 g/mol. The van der Waals surface area contributed by atoms with Crippen molar-refractivity contribution in [2.24, 2.45) is 0 Å². The lowest BCUT2D eigenvalue weighted by Gasteiger charge is -2.11. The van der Waals surface area contributed by atoms with Crippen molar-refractivity contribution in [2.75, 3.05) is 7.11 Å². The van der Waals surface area contributed by atoms with E-state index >= 15 is 0 Å². The molecule has 0 heterocycles. The molecule has 0 fully saturated rings. The highest BCUT2D eigenvalue weighted by Crippen LogP contribution is 2.34. The molecule has 0 aliphatic rings. The van der Waals surface area contributed by atoms with Gasteiger partial charge in [0, 0.05) is 19.1 Å². The van der Waals surface area contributed by atoms with E-state index in [0.29, 0.717) is 0 Å². The molecule has 0 atom stereocenters. The smallest absolute Gasteiger partial charge is 0.308 e. The molecule has 23 heavy (non-hydrogen) atoms. The maximum Gasteiger partial charge on any atom is 0.308 e. The fourth-order valence-electron chi connectivity index (χ4n) is 2.00. The minimum absolute atomic E-state index is 0.0444. The quantitative estimate of drug-likeness (QED) is 0.397. The van der Waals surface area contributed by atoms with E-state index in [4.69, 9.17) is 9.47 Å². The van der Waals surface area contributed by atoms with Crippen LogP contribution in [0.1, 0.15) is 22.8 Å². The summed E-state index contributed by atoms with van der Waals surface area (Å²) in [4.78, 5) is 23.6. The molecule has 1 N–H and O–H groups in total. The van der Waals surface area contributed by atoms with Gasteiger partial charge in [-0.15, -0.1) is 0 Å².